The van der Waals surface area contributed by atoms with E-state index in [-0.39, 0.29) is 0 Å². The van der Waals surface area contributed by atoms with Crippen LogP contribution < -0.4 is 4.90 Å². The summed E-state index contributed by atoms with van der Waals surface area (Å²) in [5, 5.41) is 0. The molecule has 0 fully saturated rings. The molecule has 31 heavy (non-hydrogen) atoms. The minimum Gasteiger partial charge on any atom is -0.311 e. The van der Waals surface area contributed by atoms with Crippen molar-refractivity contribution < 1.29 is 0 Å². The maximum Gasteiger partial charge on any atom is 0.0462 e. The van der Waals surface area contributed by atoms with Crippen LogP contribution in [-0.2, 0) is 0 Å². The van der Waals surface area contributed by atoms with Crippen molar-refractivity contribution in [1.82, 2.24) is 0 Å². The molecule has 0 atom stereocenters. The second kappa shape index (κ2) is 8.80. The highest BCUT2D eigenvalue weighted by atomic mass is 32.3. The van der Waals surface area contributed by atoms with Gasteiger partial charge in [0.2, 0.25) is 0 Å². The maximum absolute atomic E-state index is 2.38. The third-order valence-electron chi connectivity index (χ3n) is 5.41. The molecular formula is C27H39NS3. The normalized spacial score (nSPS) is 14.2. The average molecular weight is 474 g/mol. The Balaban J connectivity index is 2.08. The van der Waals surface area contributed by atoms with Crippen molar-refractivity contribution in [2.75, 3.05) is 61.2 Å². The second-order valence-electron chi connectivity index (χ2n) is 10.3. The van der Waals surface area contributed by atoms with Gasteiger partial charge in [-0.15, -0.1) is 0 Å². The zero-order valence-electron chi connectivity index (χ0n) is 20.6. The Bertz CT molecular complexity index is 864. The smallest absolute Gasteiger partial charge is 0.0462 e. The first kappa shape index (κ1) is 24.2. The number of benzene rings is 3. The van der Waals surface area contributed by atoms with Crippen molar-refractivity contribution in [1.29, 1.82) is 0 Å². The van der Waals surface area contributed by atoms with Gasteiger partial charge < -0.3 is 4.90 Å². The number of anilines is 3. The summed E-state index contributed by atoms with van der Waals surface area (Å²) in [6, 6.07) is 27.5. The van der Waals surface area contributed by atoms with Crippen LogP contribution in [-0.4, -0.2) is 56.3 Å². The van der Waals surface area contributed by atoms with Gasteiger partial charge in [0.1, 0.15) is 0 Å². The minimum absolute atomic E-state index is 0.732. The first-order valence-electron chi connectivity index (χ1n) is 10.4. The van der Waals surface area contributed by atoms with Crippen LogP contribution in [0.25, 0.3) is 0 Å². The summed E-state index contributed by atoms with van der Waals surface area (Å²) in [6.45, 7) is 0. The van der Waals surface area contributed by atoms with Crippen molar-refractivity contribution in [2.45, 2.75) is 14.7 Å². The zero-order valence-corrected chi connectivity index (χ0v) is 23.0. The van der Waals surface area contributed by atoms with Crippen LogP contribution in [0.3, 0.4) is 0 Å². The molecule has 0 aliphatic carbocycles. The molecule has 0 N–H and O–H groups in total. The molecule has 4 heteroatoms. The van der Waals surface area contributed by atoms with E-state index >= 15 is 0 Å². The van der Waals surface area contributed by atoms with E-state index in [0.717, 1.165) is 0 Å². The van der Waals surface area contributed by atoms with Crippen LogP contribution in [0.1, 0.15) is 0 Å². The van der Waals surface area contributed by atoms with Crippen LogP contribution in [0.5, 0.6) is 0 Å². The van der Waals surface area contributed by atoms with Crippen molar-refractivity contribution in [3.05, 3.63) is 72.8 Å². The van der Waals surface area contributed by atoms with Gasteiger partial charge in [0.25, 0.3) is 0 Å². The van der Waals surface area contributed by atoms with Crippen LogP contribution in [0.4, 0.5) is 17.1 Å². The van der Waals surface area contributed by atoms with Crippen LogP contribution in [0.2, 0.25) is 0 Å². The maximum atomic E-state index is 2.38. The largest absolute Gasteiger partial charge is 0.311 e. The van der Waals surface area contributed by atoms with E-state index in [9.17, 15) is 0 Å². The Hall–Kier alpha value is -1.49. The molecule has 170 valence electrons. The number of hydrogen-bond acceptors (Lipinski definition) is 1. The van der Waals surface area contributed by atoms with Gasteiger partial charge in [-0.05, 0) is 144 Å². The lowest BCUT2D eigenvalue weighted by Gasteiger charge is -2.31. The van der Waals surface area contributed by atoms with Crippen LogP contribution in [0, 0.1) is 0 Å². The molecule has 3 rings (SSSR count). The highest BCUT2D eigenvalue weighted by Crippen LogP contribution is 2.49. The molecule has 0 aromatic heterocycles. The lowest BCUT2D eigenvalue weighted by Crippen LogP contribution is -2.10. The molecule has 0 saturated heterocycles. The fraction of sp³-hybridized carbons (Fsp3) is 0.333. The fourth-order valence-corrected chi connectivity index (χ4v) is 6.32. The first-order valence-corrected chi connectivity index (χ1v) is 19.0. The molecule has 0 unspecified atom stereocenters. The van der Waals surface area contributed by atoms with Crippen molar-refractivity contribution in [3.8, 4) is 0 Å². The molecule has 0 amide bonds. The summed E-state index contributed by atoms with van der Waals surface area (Å²) in [5.74, 6) is 0. The molecule has 0 heterocycles. The Morgan fingerprint density at radius 2 is 0.548 bits per heavy atom. The highest BCUT2D eigenvalue weighted by Gasteiger charge is 2.17. The molecule has 3 aromatic carbocycles. The zero-order chi connectivity index (χ0) is 23.0. The van der Waals surface area contributed by atoms with E-state index in [2.05, 4.69) is 134 Å². The van der Waals surface area contributed by atoms with E-state index in [1.165, 1.54) is 31.7 Å². The number of rotatable bonds is 6. The predicted molar refractivity (Wildman–Crippen MR) is 152 cm³/mol. The van der Waals surface area contributed by atoms with Gasteiger partial charge in [0.05, 0.1) is 0 Å². The van der Waals surface area contributed by atoms with Gasteiger partial charge in [-0.1, -0.05) is 0 Å². The number of nitrogens with zero attached hydrogens (tertiary/aromatic N) is 1. The third kappa shape index (κ3) is 5.85. The van der Waals surface area contributed by atoms with Crippen molar-refractivity contribution in [3.63, 3.8) is 0 Å². The molecular weight excluding hydrogens is 435 g/mol. The van der Waals surface area contributed by atoms with Gasteiger partial charge in [0.15, 0.2) is 0 Å². The summed E-state index contributed by atoms with van der Waals surface area (Å²) >= 11 is 0. The van der Waals surface area contributed by atoms with E-state index in [1.54, 1.807) is 0 Å². The van der Waals surface area contributed by atoms with Crippen LogP contribution >= 0.6 is 30.1 Å². The topological polar surface area (TPSA) is 3.24 Å². The molecule has 0 spiro atoms. The first-order chi connectivity index (χ1) is 14.3. The monoisotopic (exact) mass is 473 g/mol. The number of hydrogen-bond donors (Lipinski definition) is 0. The molecule has 3 aromatic rings. The van der Waals surface area contributed by atoms with E-state index in [1.807, 2.05) is 0 Å². The highest BCUT2D eigenvalue weighted by molar-refractivity contribution is 8.32. The van der Waals surface area contributed by atoms with Gasteiger partial charge in [-0.3, -0.25) is 0 Å². The quantitative estimate of drug-likeness (QED) is 0.348. The molecule has 0 radical (unpaired) electrons. The molecule has 0 aliphatic heterocycles. The van der Waals surface area contributed by atoms with Gasteiger partial charge in [-0.25, -0.2) is 30.1 Å². The SMILES string of the molecule is CS(C)(C)c1ccc(N(c2ccc(S(C)(C)C)cc2)c2ccc(S(C)(C)C)cc2)cc1. The van der Waals surface area contributed by atoms with Gasteiger partial charge >= 0.3 is 0 Å². The summed E-state index contributed by atoms with van der Waals surface area (Å²) in [4.78, 5) is 6.70. The summed E-state index contributed by atoms with van der Waals surface area (Å²) in [7, 11) is -2.19. The third-order valence-corrected chi connectivity index (χ3v) is 10.5. The van der Waals surface area contributed by atoms with Crippen molar-refractivity contribution in [2.24, 2.45) is 0 Å². The Morgan fingerprint density at radius 3 is 0.710 bits per heavy atom. The second-order valence-corrected chi connectivity index (χ2v) is 22.8. The van der Waals surface area contributed by atoms with E-state index in [0.29, 0.717) is 0 Å². The lowest BCUT2D eigenvalue weighted by atomic mass is 10.2. The lowest BCUT2D eigenvalue weighted by molar-refractivity contribution is 1.24. The van der Waals surface area contributed by atoms with E-state index < -0.39 is 30.1 Å². The fourth-order valence-electron chi connectivity index (χ4n) is 3.46. The Kier molecular flexibility index (Phi) is 6.86. The Morgan fingerprint density at radius 1 is 0.355 bits per heavy atom. The van der Waals surface area contributed by atoms with Gasteiger partial charge in [0, 0.05) is 17.1 Å². The van der Waals surface area contributed by atoms with E-state index in [4.69, 9.17) is 0 Å². The summed E-state index contributed by atoms with van der Waals surface area (Å²) < 4.78 is 0. The summed E-state index contributed by atoms with van der Waals surface area (Å²) in [5.41, 5.74) is 3.62. The van der Waals surface area contributed by atoms with Gasteiger partial charge in [-0.2, -0.15) is 0 Å². The predicted octanol–water partition coefficient (Wildman–Crippen LogP) is 8.32. The van der Waals surface area contributed by atoms with Crippen molar-refractivity contribution >= 4 is 47.1 Å². The Labute approximate surface area is 195 Å². The molecule has 0 saturated carbocycles. The molecule has 0 bridgehead atoms. The molecule has 0 aliphatic rings. The summed E-state index contributed by atoms with van der Waals surface area (Å²) in [6.07, 6.45) is 21.1. The standard InChI is InChI=1S/C27H39NS3/c1-29(2,3)25-16-10-22(11-17-25)28(23-12-18-26(19-13-23)30(4,5)6)24-14-20-27(21-15-24)31(7,8)9/h10-21H,1-9H3. The average Bonchev–Trinajstić information content (AvgIpc) is 2.67. The molecule has 1 nitrogen and oxygen atoms in total. The van der Waals surface area contributed by atoms with Crippen LogP contribution in [0.15, 0.2) is 87.5 Å². The minimum atomic E-state index is -0.732.